The molecule has 0 saturated carbocycles. The topological polar surface area (TPSA) is 68.6 Å². The van der Waals surface area contributed by atoms with Crippen LogP contribution in [0.15, 0.2) is 29.1 Å². The number of aromatic nitrogens is 1. The second kappa shape index (κ2) is 10.4. The van der Waals surface area contributed by atoms with Crippen molar-refractivity contribution >= 4 is 35.4 Å². The quantitative estimate of drug-likeness (QED) is 0.614. The van der Waals surface area contributed by atoms with Gasteiger partial charge in [0.05, 0.1) is 22.8 Å². The molecule has 3 rings (SSSR count). The fraction of sp³-hybridized carbons (Fsp3) is 0.435. The molecule has 0 atom stereocenters. The molecule has 1 saturated heterocycles. The summed E-state index contributed by atoms with van der Waals surface area (Å²) in [7, 11) is 0. The number of carbonyl (C=O) groups is 2. The molecule has 178 valence electrons. The van der Waals surface area contributed by atoms with Crippen LogP contribution in [-0.2, 0) is 27.0 Å². The van der Waals surface area contributed by atoms with Crippen molar-refractivity contribution in [3.63, 3.8) is 0 Å². The largest absolute Gasteiger partial charge is 0.463 e. The van der Waals surface area contributed by atoms with Gasteiger partial charge in [0, 0.05) is 13.1 Å². The van der Waals surface area contributed by atoms with Crippen LogP contribution >= 0.6 is 11.3 Å². The Balaban J connectivity index is 2.02. The predicted molar refractivity (Wildman–Crippen MR) is 119 cm³/mol. The summed E-state index contributed by atoms with van der Waals surface area (Å²) in [5.74, 6) is -0.386. The van der Waals surface area contributed by atoms with Gasteiger partial charge in [0.25, 0.3) is 5.56 Å². The zero-order chi connectivity index (χ0) is 24.2. The number of likely N-dealkylation sites (tertiary alicyclic amines) is 1. The van der Waals surface area contributed by atoms with E-state index in [0.29, 0.717) is 19.0 Å². The summed E-state index contributed by atoms with van der Waals surface area (Å²) in [5.41, 5.74) is -1.19. The number of thiazole rings is 1. The lowest BCUT2D eigenvalue weighted by atomic mass is 9.99. The van der Waals surface area contributed by atoms with Gasteiger partial charge in [-0.05, 0) is 49.5 Å². The lowest BCUT2D eigenvalue weighted by Gasteiger charge is -2.30. The van der Waals surface area contributed by atoms with Gasteiger partial charge in [-0.2, -0.15) is 13.2 Å². The second-order valence-electron chi connectivity index (χ2n) is 7.92. The molecule has 0 unspecified atom stereocenters. The molecule has 2 aromatic rings. The first-order valence-corrected chi connectivity index (χ1v) is 11.4. The average molecular weight is 483 g/mol. The van der Waals surface area contributed by atoms with E-state index in [2.05, 4.69) is 6.92 Å². The number of alkyl halides is 3. The first-order chi connectivity index (χ1) is 15.6. The van der Waals surface area contributed by atoms with Gasteiger partial charge in [-0.3, -0.25) is 14.2 Å². The summed E-state index contributed by atoms with van der Waals surface area (Å²) in [6.45, 7) is 4.83. The van der Waals surface area contributed by atoms with Gasteiger partial charge in [-0.25, -0.2) is 4.79 Å². The lowest BCUT2D eigenvalue weighted by Crippen LogP contribution is -2.43. The van der Waals surface area contributed by atoms with Gasteiger partial charge in [-0.1, -0.05) is 19.1 Å². The zero-order valence-electron chi connectivity index (χ0n) is 18.4. The molecule has 0 N–H and O–H groups in total. The van der Waals surface area contributed by atoms with Crippen LogP contribution in [0.1, 0.15) is 37.8 Å². The van der Waals surface area contributed by atoms with E-state index in [-0.39, 0.29) is 33.8 Å². The molecule has 6 nitrogen and oxygen atoms in total. The zero-order valence-corrected chi connectivity index (χ0v) is 19.2. The number of hydrogen-bond donors (Lipinski definition) is 0. The summed E-state index contributed by atoms with van der Waals surface area (Å²) in [6, 6.07) is 4.60. The number of rotatable bonds is 5. The van der Waals surface area contributed by atoms with E-state index in [9.17, 15) is 27.6 Å². The van der Waals surface area contributed by atoms with Crippen LogP contribution in [-0.4, -0.2) is 41.0 Å². The first kappa shape index (κ1) is 24.8. The molecule has 33 heavy (non-hydrogen) atoms. The Morgan fingerprint density at radius 1 is 1.24 bits per heavy atom. The molecule has 0 bridgehead atoms. The number of nitrogens with zero attached hydrogens (tertiary/aromatic N) is 2. The Hall–Kier alpha value is -2.88. The molecule has 0 spiro atoms. The van der Waals surface area contributed by atoms with Crippen LogP contribution in [0.2, 0.25) is 0 Å². The van der Waals surface area contributed by atoms with E-state index in [1.807, 2.05) is 0 Å². The van der Waals surface area contributed by atoms with Gasteiger partial charge in [0.15, 0.2) is 0 Å². The van der Waals surface area contributed by atoms with Crippen LogP contribution in [0, 0.1) is 5.92 Å². The highest BCUT2D eigenvalue weighted by atomic mass is 32.1. The van der Waals surface area contributed by atoms with Crippen LogP contribution < -0.4 is 14.8 Å². The standard InChI is InChI=1S/C23H25F3N2O4S/c1-3-32-21(30)13-20-28(14-19(29)27-9-7-15(2)8-10-27)22(31)18(33-20)12-16-5-4-6-17(11-16)23(24,25)26/h4-6,11-13,15H,3,7-10,14H2,1-2H3. The fourth-order valence-electron chi connectivity index (χ4n) is 3.53. The highest BCUT2D eigenvalue weighted by molar-refractivity contribution is 7.07. The van der Waals surface area contributed by atoms with E-state index in [1.165, 1.54) is 22.8 Å². The summed E-state index contributed by atoms with van der Waals surface area (Å²) in [5, 5.41) is 0. The third-order valence-corrected chi connectivity index (χ3v) is 6.47. The van der Waals surface area contributed by atoms with Crippen molar-refractivity contribution in [3.8, 4) is 0 Å². The summed E-state index contributed by atoms with van der Waals surface area (Å²) >= 11 is 0.924. The van der Waals surface area contributed by atoms with Crippen LogP contribution in [0.25, 0.3) is 12.2 Å². The Labute approximate surface area is 192 Å². The molecule has 0 aliphatic carbocycles. The molecular formula is C23H25F3N2O4S. The number of amides is 1. The minimum Gasteiger partial charge on any atom is -0.463 e. The van der Waals surface area contributed by atoms with Crippen molar-refractivity contribution < 1.29 is 27.5 Å². The number of benzene rings is 1. The molecule has 1 fully saturated rings. The first-order valence-electron chi connectivity index (χ1n) is 10.6. The second-order valence-corrected chi connectivity index (χ2v) is 8.99. The predicted octanol–water partition coefficient (Wildman–Crippen LogP) is 2.36. The van der Waals surface area contributed by atoms with Crippen molar-refractivity contribution in [1.29, 1.82) is 0 Å². The number of esters is 1. The minimum absolute atomic E-state index is 0.116. The Kier molecular flexibility index (Phi) is 7.78. The minimum atomic E-state index is -4.51. The van der Waals surface area contributed by atoms with Gasteiger partial charge in [0.1, 0.15) is 11.2 Å². The Morgan fingerprint density at radius 3 is 2.58 bits per heavy atom. The normalized spacial score (nSPS) is 16.3. The van der Waals surface area contributed by atoms with Crippen molar-refractivity contribution in [1.82, 2.24) is 9.47 Å². The summed E-state index contributed by atoms with van der Waals surface area (Å²) < 4.78 is 45.5. The van der Waals surface area contributed by atoms with Gasteiger partial charge in [0.2, 0.25) is 5.91 Å². The molecule has 1 aliphatic heterocycles. The maximum Gasteiger partial charge on any atom is 0.416 e. The van der Waals surface area contributed by atoms with E-state index in [4.69, 9.17) is 4.74 Å². The summed E-state index contributed by atoms with van der Waals surface area (Å²) in [4.78, 5) is 39.6. The van der Waals surface area contributed by atoms with Crippen molar-refractivity contribution in [2.75, 3.05) is 19.7 Å². The third-order valence-electron chi connectivity index (χ3n) is 5.41. The average Bonchev–Trinajstić information content (AvgIpc) is 3.02. The molecule has 2 heterocycles. The van der Waals surface area contributed by atoms with Crippen LogP contribution in [0.4, 0.5) is 13.2 Å². The van der Waals surface area contributed by atoms with Crippen LogP contribution in [0.3, 0.4) is 0 Å². The van der Waals surface area contributed by atoms with Crippen molar-refractivity contribution in [2.24, 2.45) is 5.92 Å². The number of halogens is 3. The Morgan fingerprint density at radius 2 is 1.94 bits per heavy atom. The summed E-state index contributed by atoms with van der Waals surface area (Å²) in [6.07, 6.45) is -0.305. The maximum atomic E-state index is 13.1. The highest BCUT2D eigenvalue weighted by Gasteiger charge is 2.30. The van der Waals surface area contributed by atoms with Crippen molar-refractivity contribution in [3.05, 3.63) is 54.9 Å². The number of piperidine rings is 1. The smallest absolute Gasteiger partial charge is 0.416 e. The van der Waals surface area contributed by atoms with Gasteiger partial charge < -0.3 is 9.64 Å². The lowest BCUT2D eigenvalue weighted by molar-refractivity contribution is -0.137. The van der Waals surface area contributed by atoms with E-state index >= 15 is 0 Å². The van der Waals surface area contributed by atoms with E-state index < -0.39 is 23.3 Å². The maximum absolute atomic E-state index is 13.1. The third kappa shape index (κ3) is 6.34. The van der Waals surface area contributed by atoms with E-state index in [1.54, 1.807) is 11.8 Å². The SMILES string of the molecule is CCOC(=O)C=c1sc(=Cc2cccc(C(F)(F)F)c2)c(=O)n1CC(=O)N1CCC(C)CC1. The molecule has 1 aromatic heterocycles. The van der Waals surface area contributed by atoms with Gasteiger partial charge >= 0.3 is 12.1 Å². The number of carbonyl (C=O) groups excluding carboxylic acids is 2. The molecular weight excluding hydrogens is 457 g/mol. The Bertz CT molecular complexity index is 1190. The molecule has 1 aromatic carbocycles. The van der Waals surface area contributed by atoms with E-state index in [0.717, 1.165) is 42.4 Å². The van der Waals surface area contributed by atoms with Crippen LogP contribution in [0.5, 0.6) is 0 Å². The van der Waals surface area contributed by atoms with Gasteiger partial charge in [-0.15, -0.1) is 11.3 Å². The molecule has 1 amide bonds. The molecule has 0 radical (unpaired) electrons. The highest BCUT2D eigenvalue weighted by Crippen LogP contribution is 2.29. The molecule has 10 heteroatoms. The van der Waals surface area contributed by atoms with Crippen molar-refractivity contribution in [2.45, 2.75) is 39.4 Å². The fourth-order valence-corrected chi connectivity index (χ4v) is 4.56. The monoisotopic (exact) mass is 482 g/mol. The number of ether oxygens (including phenoxy) is 1. The number of hydrogen-bond acceptors (Lipinski definition) is 5. The molecule has 1 aliphatic rings.